The lowest BCUT2D eigenvalue weighted by molar-refractivity contribution is -0.145. The third kappa shape index (κ3) is 1.97. The Bertz CT molecular complexity index is 760. The van der Waals surface area contributed by atoms with Crippen molar-refractivity contribution in [1.29, 1.82) is 0 Å². The molecule has 134 valence electrons. The number of benzene rings is 1. The first kappa shape index (κ1) is 16.5. The first-order valence-electron chi connectivity index (χ1n) is 8.49. The van der Waals surface area contributed by atoms with Gasteiger partial charge in [-0.2, -0.15) is 0 Å². The summed E-state index contributed by atoms with van der Waals surface area (Å²) in [5.74, 6) is -1.58. The van der Waals surface area contributed by atoms with Gasteiger partial charge in [0.15, 0.2) is 5.60 Å². The zero-order valence-corrected chi connectivity index (χ0v) is 13.8. The number of Topliss-reactive ketones (excluding diaryl/α,β-unsaturated/α-hetero) is 1. The van der Waals surface area contributed by atoms with Crippen LogP contribution in [0.4, 0.5) is 0 Å². The topological polar surface area (TPSA) is 117 Å². The molecule has 2 heterocycles. The number of phenols is 1. The summed E-state index contributed by atoms with van der Waals surface area (Å²) in [6.07, 6.45) is -1.28. The molecule has 2 aliphatic heterocycles. The number of carboxylic acids is 1. The smallest absolute Gasteiger partial charge is 0.305 e. The van der Waals surface area contributed by atoms with E-state index in [0.717, 1.165) is 0 Å². The predicted molar refractivity (Wildman–Crippen MR) is 84.4 cm³/mol. The summed E-state index contributed by atoms with van der Waals surface area (Å²) in [6, 6.07) is 4.56. The lowest BCUT2D eigenvalue weighted by atomic mass is 9.66. The molecule has 2 fully saturated rings. The van der Waals surface area contributed by atoms with Crippen molar-refractivity contribution >= 4 is 11.8 Å². The van der Waals surface area contributed by atoms with Crippen LogP contribution in [0.3, 0.4) is 0 Å². The number of phenolic OH excluding ortho intramolecular Hbond substituents is 1. The molecular formula is C18H20O7. The maximum atomic E-state index is 13.2. The minimum atomic E-state index is -1.34. The van der Waals surface area contributed by atoms with Crippen LogP contribution in [0.1, 0.15) is 54.6 Å². The van der Waals surface area contributed by atoms with Crippen molar-refractivity contribution in [3.8, 4) is 5.75 Å². The average Bonchev–Trinajstić information content (AvgIpc) is 3.25. The zero-order chi connectivity index (χ0) is 18.0. The largest absolute Gasteiger partial charge is 0.507 e. The SMILES string of the molecule is CCC[C@H]1O[C@H](CC(=O)O)C[C@]23O[C@]12C(=O)c1c(O)cccc1[C@@H]3O. The number of carboxylic acid groups (broad SMARTS) is 1. The van der Waals surface area contributed by atoms with E-state index in [4.69, 9.17) is 14.6 Å². The van der Waals surface area contributed by atoms with Crippen molar-refractivity contribution in [2.45, 2.75) is 62.1 Å². The van der Waals surface area contributed by atoms with E-state index in [9.17, 15) is 19.8 Å². The minimum Gasteiger partial charge on any atom is -0.507 e. The molecule has 25 heavy (non-hydrogen) atoms. The van der Waals surface area contributed by atoms with E-state index in [1.54, 1.807) is 12.1 Å². The van der Waals surface area contributed by atoms with Crippen LogP contribution in [0.15, 0.2) is 18.2 Å². The number of fused-ring (bicyclic) bond motifs is 1. The predicted octanol–water partition coefficient (Wildman–Crippen LogP) is 1.56. The van der Waals surface area contributed by atoms with Crippen LogP contribution in [0, 0.1) is 0 Å². The Morgan fingerprint density at radius 3 is 2.84 bits per heavy atom. The maximum Gasteiger partial charge on any atom is 0.305 e. The standard InChI is InChI=1S/C18H20O7/c1-2-4-12-18-16(23)14-10(5-3-6-11(14)19)15(22)17(18,25-18)8-9(24-12)7-13(20)21/h3,5-6,9,12,15,19,22H,2,4,7-8H2,1H3,(H,20,21)/t9-,12-,15+,17-,18+/m1/s1. The van der Waals surface area contributed by atoms with Gasteiger partial charge in [-0.15, -0.1) is 0 Å². The van der Waals surface area contributed by atoms with Crippen molar-refractivity contribution in [2.75, 3.05) is 0 Å². The number of aliphatic hydroxyl groups excluding tert-OH is 1. The molecule has 2 saturated heterocycles. The molecule has 7 nitrogen and oxygen atoms in total. The number of hydrogen-bond donors (Lipinski definition) is 3. The monoisotopic (exact) mass is 348 g/mol. The fraction of sp³-hybridized carbons (Fsp3) is 0.556. The first-order valence-corrected chi connectivity index (χ1v) is 8.49. The van der Waals surface area contributed by atoms with Crippen LogP contribution in [0.25, 0.3) is 0 Å². The van der Waals surface area contributed by atoms with Gasteiger partial charge in [0.2, 0.25) is 5.78 Å². The lowest BCUT2D eigenvalue weighted by Crippen LogP contribution is -2.57. The number of epoxide rings is 1. The molecule has 0 spiro atoms. The van der Waals surface area contributed by atoms with E-state index < -0.39 is 41.3 Å². The molecule has 0 saturated carbocycles. The van der Waals surface area contributed by atoms with E-state index in [-0.39, 0.29) is 24.2 Å². The Morgan fingerprint density at radius 1 is 1.40 bits per heavy atom. The van der Waals surface area contributed by atoms with Crippen LogP contribution in [0.5, 0.6) is 5.75 Å². The van der Waals surface area contributed by atoms with Gasteiger partial charge in [0.05, 0.1) is 24.2 Å². The molecule has 3 aliphatic rings. The molecule has 4 rings (SSSR count). The van der Waals surface area contributed by atoms with Crippen LogP contribution < -0.4 is 0 Å². The summed E-state index contributed by atoms with van der Waals surface area (Å²) in [6.45, 7) is 1.93. The van der Waals surface area contributed by atoms with Gasteiger partial charge in [-0.1, -0.05) is 25.5 Å². The Hall–Kier alpha value is -1.96. The summed E-state index contributed by atoms with van der Waals surface area (Å²) in [4.78, 5) is 24.3. The Kier molecular flexibility index (Phi) is 3.48. The van der Waals surface area contributed by atoms with Gasteiger partial charge in [-0.3, -0.25) is 9.59 Å². The van der Waals surface area contributed by atoms with E-state index >= 15 is 0 Å². The average molecular weight is 348 g/mol. The highest BCUT2D eigenvalue weighted by Gasteiger charge is 2.85. The van der Waals surface area contributed by atoms with Crippen LogP contribution >= 0.6 is 0 Å². The molecule has 1 aromatic rings. The Morgan fingerprint density at radius 2 is 2.16 bits per heavy atom. The number of hydrogen-bond acceptors (Lipinski definition) is 6. The number of aromatic hydroxyl groups is 1. The van der Waals surface area contributed by atoms with Gasteiger partial charge in [-0.05, 0) is 18.1 Å². The molecule has 3 N–H and O–H groups in total. The normalized spacial score (nSPS) is 38.5. The van der Waals surface area contributed by atoms with Gasteiger partial charge in [-0.25, -0.2) is 0 Å². The van der Waals surface area contributed by atoms with E-state index in [0.29, 0.717) is 18.4 Å². The van der Waals surface area contributed by atoms with Crippen molar-refractivity contribution in [3.63, 3.8) is 0 Å². The van der Waals surface area contributed by atoms with Gasteiger partial charge >= 0.3 is 5.97 Å². The lowest BCUT2D eigenvalue weighted by Gasteiger charge is -2.41. The van der Waals surface area contributed by atoms with Gasteiger partial charge in [0.25, 0.3) is 0 Å². The third-order valence-corrected chi connectivity index (χ3v) is 5.60. The maximum absolute atomic E-state index is 13.2. The highest BCUT2D eigenvalue weighted by atomic mass is 16.7. The molecule has 0 radical (unpaired) electrons. The molecule has 0 aromatic heterocycles. The summed E-state index contributed by atoms with van der Waals surface area (Å²) < 4.78 is 11.8. The zero-order valence-electron chi connectivity index (χ0n) is 13.8. The van der Waals surface area contributed by atoms with Crippen molar-refractivity contribution in [3.05, 3.63) is 29.3 Å². The fourth-order valence-electron chi connectivity index (χ4n) is 4.58. The number of carbonyl (C=O) groups is 2. The fourth-order valence-corrected chi connectivity index (χ4v) is 4.58. The molecule has 7 heteroatoms. The number of aliphatic hydroxyl groups is 1. The Labute approximate surface area is 144 Å². The second kappa shape index (κ2) is 5.27. The first-order chi connectivity index (χ1) is 11.9. The van der Waals surface area contributed by atoms with Gasteiger partial charge in [0, 0.05) is 6.42 Å². The molecule has 0 unspecified atom stereocenters. The quantitative estimate of drug-likeness (QED) is 0.707. The van der Waals surface area contributed by atoms with Gasteiger partial charge in [0.1, 0.15) is 17.5 Å². The van der Waals surface area contributed by atoms with Crippen LogP contribution in [0.2, 0.25) is 0 Å². The summed E-state index contributed by atoms with van der Waals surface area (Å²) >= 11 is 0. The van der Waals surface area contributed by atoms with E-state index in [1.165, 1.54) is 6.07 Å². The number of carbonyl (C=O) groups excluding carboxylic acids is 1. The number of ketones is 1. The van der Waals surface area contributed by atoms with Crippen molar-refractivity contribution < 1.29 is 34.4 Å². The highest BCUT2D eigenvalue weighted by Crippen LogP contribution is 2.68. The third-order valence-electron chi connectivity index (χ3n) is 5.60. The van der Waals surface area contributed by atoms with Crippen molar-refractivity contribution in [2.24, 2.45) is 0 Å². The van der Waals surface area contributed by atoms with Crippen molar-refractivity contribution in [1.82, 2.24) is 0 Å². The molecule has 0 amide bonds. The number of rotatable bonds is 4. The number of ether oxygens (including phenoxy) is 2. The van der Waals surface area contributed by atoms with Crippen LogP contribution in [-0.4, -0.2) is 50.5 Å². The van der Waals surface area contributed by atoms with E-state index in [1.807, 2.05) is 6.92 Å². The summed E-state index contributed by atoms with van der Waals surface area (Å²) in [5, 5.41) is 30.2. The summed E-state index contributed by atoms with van der Waals surface area (Å²) in [5.41, 5.74) is -2.12. The van der Waals surface area contributed by atoms with E-state index in [2.05, 4.69) is 0 Å². The molecule has 1 aromatic carbocycles. The minimum absolute atomic E-state index is 0.0736. The molecular weight excluding hydrogens is 328 g/mol. The second-order valence-corrected chi connectivity index (χ2v) is 7.04. The molecule has 1 aliphatic carbocycles. The second-order valence-electron chi connectivity index (χ2n) is 7.04. The number of aliphatic carboxylic acids is 1. The molecule has 0 bridgehead atoms. The molecule has 5 atom stereocenters. The van der Waals surface area contributed by atoms with Crippen LogP contribution in [-0.2, 0) is 14.3 Å². The van der Waals surface area contributed by atoms with Gasteiger partial charge < -0.3 is 24.8 Å². The summed E-state index contributed by atoms with van der Waals surface area (Å²) in [7, 11) is 0. The highest BCUT2D eigenvalue weighted by molar-refractivity contribution is 6.11. The Balaban J connectivity index is 1.82.